The van der Waals surface area contributed by atoms with Crippen LogP contribution in [0.15, 0.2) is 77.7 Å². The first-order chi connectivity index (χ1) is 15.8. The van der Waals surface area contributed by atoms with Gasteiger partial charge in [0.2, 0.25) is 10.0 Å². The van der Waals surface area contributed by atoms with Gasteiger partial charge in [-0.1, -0.05) is 18.2 Å². The van der Waals surface area contributed by atoms with Gasteiger partial charge in [-0.25, -0.2) is 12.8 Å². The number of rotatable bonds is 5. The van der Waals surface area contributed by atoms with Crippen molar-refractivity contribution in [3.05, 3.63) is 89.9 Å². The molecule has 1 aromatic heterocycles. The van der Waals surface area contributed by atoms with Crippen LogP contribution in [0.1, 0.15) is 17.3 Å². The zero-order chi connectivity index (χ0) is 23.2. The lowest BCUT2D eigenvalue weighted by molar-refractivity contribution is -0.142. The third-order valence-electron chi connectivity index (χ3n) is 5.70. The average molecular weight is 466 g/mol. The van der Waals surface area contributed by atoms with Crippen LogP contribution in [0.25, 0.3) is 10.9 Å². The van der Waals surface area contributed by atoms with Crippen LogP contribution in [0.4, 0.5) is 4.39 Å². The Morgan fingerprint density at radius 3 is 2.30 bits per heavy atom. The standard InChI is InChI=1S/C24H19FN2O5S/c25-15-5-7-16(8-6-15)32-17-9-11-18(12-10-17)33(30,31)27-14-13-20-19-3-1-2-4-21(19)26-22(20)23(27)24(28)29/h1-12,23,26H,13-14H2,(H,28,29). The summed E-state index contributed by atoms with van der Waals surface area (Å²) in [5, 5.41) is 10.8. The van der Waals surface area contributed by atoms with Gasteiger partial charge in [-0.2, -0.15) is 4.31 Å². The number of hydrogen-bond acceptors (Lipinski definition) is 4. The molecule has 2 N–H and O–H groups in total. The molecule has 0 bridgehead atoms. The van der Waals surface area contributed by atoms with Crippen LogP contribution in [-0.4, -0.2) is 35.3 Å². The molecule has 1 atom stereocenters. The molecule has 0 radical (unpaired) electrons. The number of aromatic nitrogens is 1. The molecule has 1 aliphatic heterocycles. The number of carboxylic acids is 1. The van der Waals surface area contributed by atoms with Crippen molar-refractivity contribution >= 4 is 26.9 Å². The van der Waals surface area contributed by atoms with E-state index in [4.69, 9.17) is 4.74 Å². The first-order valence-electron chi connectivity index (χ1n) is 10.2. The number of aromatic amines is 1. The Bertz CT molecular complexity index is 1450. The molecule has 0 saturated heterocycles. The maximum Gasteiger partial charge on any atom is 0.328 e. The monoisotopic (exact) mass is 466 g/mol. The summed E-state index contributed by atoms with van der Waals surface area (Å²) in [6, 6.07) is 17.2. The van der Waals surface area contributed by atoms with Gasteiger partial charge < -0.3 is 14.8 Å². The van der Waals surface area contributed by atoms with Gasteiger partial charge in [0.15, 0.2) is 6.04 Å². The third-order valence-corrected chi connectivity index (χ3v) is 7.58. The van der Waals surface area contributed by atoms with Gasteiger partial charge in [0, 0.05) is 23.1 Å². The minimum absolute atomic E-state index is 0.0419. The number of H-pyrrole nitrogens is 1. The van der Waals surface area contributed by atoms with Crippen molar-refractivity contribution in [1.82, 2.24) is 9.29 Å². The molecule has 0 amide bonds. The van der Waals surface area contributed by atoms with Crippen LogP contribution in [0.2, 0.25) is 0 Å². The molecule has 3 aromatic carbocycles. The smallest absolute Gasteiger partial charge is 0.328 e. The second kappa shape index (κ2) is 8.02. The summed E-state index contributed by atoms with van der Waals surface area (Å²) in [6.07, 6.45) is 0.397. The maximum absolute atomic E-state index is 13.4. The van der Waals surface area contributed by atoms with Gasteiger partial charge in [-0.15, -0.1) is 0 Å². The minimum Gasteiger partial charge on any atom is -0.480 e. The number of hydrogen-bond donors (Lipinski definition) is 2. The van der Waals surface area contributed by atoms with Crippen molar-refractivity contribution in [3.63, 3.8) is 0 Å². The summed E-state index contributed by atoms with van der Waals surface area (Å²) in [6.45, 7) is 0.0436. The summed E-state index contributed by atoms with van der Waals surface area (Å²) in [7, 11) is -4.10. The quantitative estimate of drug-likeness (QED) is 0.452. The molecule has 0 aliphatic carbocycles. The van der Waals surface area contributed by atoms with Crippen molar-refractivity contribution in [1.29, 1.82) is 0 Å². The third kappa shape index (κ3) is 3.75. The maximum atomic E-state index is 13.4. The fourth-order valence-electron chi connectivity index (χ4n) is 4.18. The van der Waals surface area contributed by atoms with Gasteiger partial charge in [0.1, 0.15) is 17.3 Å². The normalized spacial score (nSPS) is 16.5. The number of carbonyl (C=O) groups is 1. The number of ether oxygens (including phenoxy) is 1. The topological polar surface area (TPSA) is 99.7 Å². The SMILES string of the molecule is O=C(O)C1c2[nH]c3ccccc3c2CCN1S(=O)(=O)c1ccc(Oc2ccc(F)cc2)cc1. The molecule has 0 spiro atoms. The van der Waals surface area contributed by atoms with Crippen LogP contribution in [0.5, 0.6) is 11.5 Å². The van der Waals surface area contributed by atoms with E-state index in [1.54, 1.807) is 0 Å². The first kappa shape index (κ1) is 21.2. The molecular formula is C24H19FN2O5S. The highest BCUT2D eigenvalue weighted by Gasteiger charge is 2.42. The fraction of sp³-hybridized carbons (Fsp3) is 0.125. The van der Waals surface area contributed by atoms with Crippen molar-refractivity contribution in [2.75, 3.05) is 6.54 Å². The van der Waals surface area contributed by atoms with Crippen LogP contribution in [-0.2, 0) is 21.2 Å². The highest BCUT2D eigenvalue weighted by molar-refractivity contribution is 7.89. The van der Waals surface area contributed by atoms with Crippen LogP contribution in [0.3, 0.4) is 0 Å². The van der Waals surface area contributed by atoms with Gasteiger partial charge >= 0.3 is 5.97 Å². The highest BCUT2D eigenvalue weighted by Crippen LogP contribution is 2.38. The van der Waals surface area contributed by atoms with Crippen LogP contribution >= 0.6 is 0 Å². The first-order valence-corrected chi connectivity index (χ1v) is 11.7. The number of fused-ring (bicyclic) bond motifs is 3. The molecule has 33 heavy (non-hydrogen) atoms. The van der Waals surface area contributed by atoms with E-state index in [1.807, 2.05) is 24.3 Å². The zero-order valence-corrected chi connectivity index (χ0v) is 18.0. The summed E-state index contributed by atoms with van der Waals surface area (Å²) in [5.74, 6) is -0.869. The highest BCUT2D eigenvalue weighted by atomic mass is 32.2. The van der Waals surface area contributed by atoms with Gasteiger partial charge in [0.05, 0.1) is 4.90 Å². The van der Waals surface area contributed by atoms with E-state index >= 15 is 0 Å². The van der Waals surface area contributed by atoms with Crippen molar-refractivity contribution in [2.45, 2.75) is 17.4 Å². The Kier molecular flexibility index (Phi) is 5.15. The van der Waals surface area contributed by atoms with Crippen molar-refractivity contribution in [2.24, 2.45) is 0 Å². The van der Waals surface area contributed by atoms with E-state index in [0.29, 0.717) is 23.6 Å². The van der Waals surface area contributed by atoms with Crippen molar-refractivity contribution in [3.8, 4) is 11.5 Å². The molecule has 1 unspecified atom stereocenters. The zero-order valence-electron chi connectivity index (χ0n) is 17.2. The summed E-state index contributed by atoms with van der Waals surface area (Å²) in [4.78, 5) is 15.3. The summed E-state index contributed by atoms with van der Waals surface area (Å²) >= 11 is 0. The number of nitrogens with zero attached hydrogens (tertiary/aromatic N) is 1. The Balaban J connectivity index is 1.46. The second-order valence-corrected chi connectivity index (χ2v) is 9.59. The summed E-state index contributed by atoms with van der Waals surface area (Å²) in [5.41, 5.74) is 1.98. The van der Waals surface area contributed by atoms with E-state index < -0.39 is 27.9 Å². The van der Waals surface area contributed by atoms with E-state index in [-0.39, 0.29) is 11.4 Å². The van der Waals surface area contributed by atoms with Gasteiger partial charge in [-0.3, -0.25) is 4.79 Å². The molecule has 7 nitrogen and oxygen atoms in total. The minimum atomic E-state index is -4.10. The molecule has 2 heterocycles. The molecule has 0 fully saturated rings. The van der Waals surface area contributed by atoms with E-state index in [0.717, 1.165) is 20.8 Å². The second-order valence-electron chi connectivity index (χ2n) is 7.70. The van der Waals surface area contributed by atoms with E-state index in [9.17, 15) is 22.7 Å². The predicted molar refractivity (Wildman–Crippen MR) is 119 cm³/mol. The van der Waals surface area contributed by atoms with Gasteiger partial charge in [0.25, 0.3) is 0 Å². The summed E-state index contributed by atoms with van der Waals surface area (Å²) < 4.78 is 46.5. The molecule has 9 heteroatoms. The van der Waals surface area contributed by atoms with Crippen molar-refractivity contribution < 1.29 is 27.4 Å². The van der Waals surface area contributed by atoms with Crippen LogP contribution in [0, 0.1) is 5.82 Å². The lowest BCUT2D eigenvalue weighted by Crippen LogP contribution is -2.43. The lowest BCUT2D eigenvalue weighted by Gasteiger charge is -2.32. The number of aliphatic carboxylic acids is 1. The molecule has 4 aromatic rings. The lowest BCUT2D eigenvalue weighted by atomic mass is 9.99. The largest absolute Gasteiger partial charge is 0.480 e. The number of nitrogens with one attached hydrogen (secondary N) is 1. The number of sulfonamides is 1. The Morgan fingerprint density at radius 2 is 1.64 bits per heavy atom. The number of halogens is 1. The number of para-hydroxylation sites is 1. The molecule has 1 aliphatic rings. The number of carboxylic acid groups (broad SMARTS) is 1. The molecule has 168 valence electrons. The van der Waals surface area contributed by atoms with E-state index in [2.05, 4.69) is 4.98 Å². The number of benzene rings is 3. The Labute approximate surface area is 189 Å². The Morgan fingerprint density at radius 1 is 1.00 bits per heavy atom. The predicted octanol–water partition coefficient (Wildman–Crippen LogP) is 4.47. The molecular weight excluding hydrogens is 447 g/mol. The van der Waals surface area contributed by atoms with Crippen LogP contribution < -0.4 is 4.74 Å². The molecule has 0 saturated carbocycles. The molecule has 5 rings (SSSR count). The van der Waals surface area contributed by atoms with Gasteiger partial charge in [-0.05, 0) is 66.6 Å². The fourth-order valence-corrected chi connectivity index (χ4v) is 5.73. The van der Waals surface area contributed by atoms with E-state index in [1.165, 1.54) is 48.5 Å². The average Bonchev–Trinajstić information content (AvgIpc) is 3.19. The Hall–Kier alpha value is -3.69.